The molecule has 72 valence electrons. The first-order chi connectivity index (χ1) is 6.22. The fourth-order valence-electron chi connectivity index (χ4n) is 1.27. The lowest BCUT2D eigenvalue weighted by Crippen LogP contribution is -2.21. The van der Waals surface area contributed by atoms with Crippen molar-refractivity contribution in [1.29, 1.82) is 0 Å². The molecular weight excluding hydrogens is 165 g/mol. The van der Waals surface area contributed by atoms with Crippen LogP contribution in [-0.2, 0) is 6.42 Å². The predicted molar refractivity (Wildman–Crippen MR) is 53.7 cm³/mol. The molecule has 0 radical (unpaired) electrons. The Hall–Kier alpha value is -0.890. The predicted octanol–water partition coefficient (Wildman–Crippen LogP) is 2.10. The third kappa shape index (κ3) is 3.55. The van der Waals surface area contributed by atoms with Gasteiger partial charge < -0.3 is 5.32 Å². The van der Waals surface area contributed by atoms with Crippen LogP contribution in [-0.4, -0.2) is 19.8 Å². The van der Waals surface area contributed by atoms with Crippen LogP contribution in [0, 0.1) is 6.92 Å². The lowest BCUT2D eigenvalue weighted by Gasteiger charge is -2.07. The molecule has 1 atom stereocenters. The number of hydrogen-bond donors (Lipinski definition) is 1. The van der Waals surface area contributed by atoms with Gasteiger partial charge in [-0.1, -0.05) is 29.8 Å². The van der Waals surface area contributed by atoms with E-state index in [0.717, 1.165) is 5.56 Å². The summed E-state index contributed by atoms with van der Waals surface area (Å²) in [6.07, 6.45) is -0.283. The van der Waals surface area contributed by atoms with Gasteiger partial charge in [0.15, 0.2) is 0 Å². The van der Waals surface area contributed by atoms with Crippen molar-refractivity contribution in [2.45, 2.75) is 19.5 Å². The Morgan fingerprint density at radius 3 is 2.46 bits per heavy atom. The molecule has 0 aliphatic heterocycles. The highest BCUT2D eigenvalue weighted by atomic mass is 19.1. The average molecular weight is 181 g/mol. The van der Waals surface area contributed by atoms with Gasteiger partial charge in [0.25, 0.3) is 0 Å². The molecule has 0 aliphatic rings. The maximum absolute atomic E-state index is 13.1. The fourth-order valence-corrected chi connectivity index (χ4v) is 1.27. The molecule has 0 spiro atoms. The number of nitrogens with one attached hydrogen (secondary N) is 1. The first-order valence-electron chi connectivity index (χ1n) is 4.56. The summed E-state index contributed by atoms with van der Waals surface area (Å²) in [5.41, 5.74) is 2.28. The molecule has 0 aromatic heterocycles. The van der Waals surface area contributed by atoms with Crippen LogP contribution in [0.2, 0.25) is 0 Å². The first-order valence-corrected chi connectivity index (χ1v) is 4.56. The second-order valence-electron chi connectivity index (χ2n) is 3.34. The van der Waals surface area contributed by atoms with Gasteiger partial charge in [-0.05, 0) is 19.5 Å². The number of benzene rings is 1. The Morgan fingerprint density at radius 2 is 1.92 bits per heavy atom. The minimum Gasteiger partial charge on any atom is -0.317 e. The molecule has 0 amide bonds. The van der Waals surface area contributed by atoms with Gasteiger partial charge in [-0.3, -0.25) is 0 Å². The third-order valence-corrected chi connectivity index (χ3v) is 2.00. The first kappa shape index (κ1) is 10.2. The van der Waals surface area contributed by atoms with Crippen molar-refractivity contribution in [2.75, 3.05) is 13.6 Å². The van der Waals surface area contributed by atoms with Gasteiger partial charge in [-0.2, -0.15) is 0 Å². The van der Waals surface area contributed by atoms with Crippen LogP contribution < -0.4 is 5.32 Å². The average Bonchev–Trinajstić information content (AvgIpc) is 2.09. The maximum Gasteiger partial charge on any atom is 0.116 e. The quantitative estimate of drug-likeness (QED) is 0.750. The van der Waals surface area contributed by atoms with Gasteiger partial charge in [0.2, 0.25) is 0 Å². The normalized spacial score (nSPS) is 12.8. The standard InChI is InChI=1S/C11H16FN/c1-9-3-5-10(6-4-9)7-11(12)8-13-2/h3-6,11,13H,7-8H2,1-2H3/t11-/m1/s1. The van der Waals surface area contributed by atoms with Crippen LogP contribution >= 0.6 is 0 Å². The van der Waals surface area contributed by atoms with Crippen LogP contribution in [0.25, 0.3) is 0 Å². The van der Waals surface area contributed by atoms with Gasteiger partial charge >= 0.3 is 0 Å². The topological polar surface area (TPSA) is 12.0 Å². The summed E-state index contributed by atoms with van der Waals surface area (Å²) >= 11 is 0. The van der Waals surface area contributed by atoms with Gasteiger partial charge in [-0.15, -0.1) is 0 Å². The Labute approximate surface area is 79.0 Å². The third-order valence-electron chi connectivity index (χ3n) is 2.00. The summed E-state index contributed by atoms with van der Waals surface area (Å²) in [6.45, 7) is 2.46. The highest BCUT2D eigenvalue weighted by molar-refractivity contribution is 5.21. The highest BCUT2D eigenvalue weighted by Crippen LogP contribution is 2.07. The molecular formula is C11H16FN. The van der Waals surface area contributed by atoms with Gasteiger partial charge in [-0.25, -0.2) is 4.39 Å². The molecule has 0 saturated carbocycles. The number of halogens is 1. The van der Waals surface area contributed by atoms with Crippen molar-refractivity contribution >= 4 is 0 Å². The molecule has 1 N–H and O–H groups in total. The summed E-state index contributed by atoms with van der Waals surface area (Å²) in [5, 5.41) is 2.82. The van der Waals surface area contributed by atoms with E-state index < -0.39 is 6.17 Å². The lowest BCUT2D eigenvalue weighted by atomic mass is 10.1. The van der Waals surface area contributed by atoms with Gasteiger partial charge in [0, 0.05) is 13.0 Å². The smallest absolute Gasteiger partial charge is 0.116 e. The molecule has 1 aromatic rings. The van der Waals surface area contributed by atoms with Crippen molar-refractivity contribution < 1.29 is 4.39 Å². The molecule has 0 unspecified atom stereocenters. The van der Waals surface area contributed by atoms with Crippen molar-refractivity contribution in [3.05, 3.63) is 35.4 Å². The molecule has 1 aromatic carbocycles. The van der Waals surface area contributed by atoms with Crippen LogP contribution in [0.3, 0.4) is 0 Å². The zero-order valence-corrected chi connectivity index (χ0v) is 8.18. The van der Waals surface area contributed by atoms with Crippen LogP contribution in [0.1, 0.15) is 11.1 Å². The van der Waals surface area contributed by atoms with Crippen LogP contribution in [0.5, 0.6) is 0 Å². The van der Waals surface area contributed by atoms with E-state index in [9.17, 15) is 4.39 Å². The molecule has 1 nitrogen and oxygen atoms in total. The lowest BCUT2D eigenvalue weighted by molar-refractivity contribution is 0.324. The van der Waals surface area contributed by atoms with E-state index in [0.29, 0.717) is 13.0 Å². The van der Waals surface area contributed by atoms with E-state index in [2.05, 4.69) is 5.32 Å². The van der Waals surface area contributed by atoms with Crippen LogP contribution in [0.4, 0.5) is 4.39 Å². The minimum absolute atomic E-state index is 0.424. The Morgan fingerprint density at radius 1 is 1.31 bits per heavy atom. The molecule has 1 rings (SSSR count). The molecule has 0 aliphatic carbocycles. The van der Waals surface area contributed by atoms with E-state index in [-0.39, 0.29) is 0 Å². The maximum atomic E-state index is 13.1. The van der Waals surface area contributed by atoms with E-state index in [1.165, 1.54) is 5.56 Å². The number of rotatable bonds is 4. The summed E-state index contributed by atoms with van der Waals surface area (Å²) in [5.74, 6) is 0. The van der Waals surface area contributed by atoms with Crippen LogP contribution in [0.15, 0.2) is 24.3 Å². The van der Waals surface area contributed by atoms with Gasteiger partial charge in [0.1, 0.15) is 6.17 Å². The summed E-state index contributed by atoms with van der Waals surface area (Å²) in [7, 11) is 1.77. The van der Waals surface area contributed by atoms with Crippen molar-refractivity contribution in [3.63, 3.8) is 0 Å². The van der Waals surface area contributed by atoms with E-state index in [1.54, 1.807) is 7.05 Å². The zero-order chi connectivity index (χ0) is 9.68. The van der Waals surface area contributed by atoms with Crippen molar-refractivity contribution in [3.8, 4) is 0 Å². The largest absolute Gasteiger partial charge is 0.317 e. The number of aryl methyl sites for hydroxylation is 1. The summed E-state index contributed by atoms with van der Waals surface area (Å²) < 4.78 is 13.1. The SMILES string of the molecule is CNC[C@H](F)Cc1ccc(C)cc1. The molecule has 0 fully saturated rings. The molecule has 0 bridgehead atoms. The molecule has 0 heterocycles. The van der Waals surface area contributed by atoms with Crippen molar-refractivity contribution in [1.82, 2.24) is 5.32 Å². The second-order valence-corrected chi connectivity index (χ2v) is 3.34. The Bertz CT molecular complexity index is 243. The molecule has 0 saturated heterocycles. The highest BCUT2D eigenvalue weighted by Gasteiger charge is 2.05. The summed E-state index contributed by atoms with van der Waals surface area (Å²) in [4.78, 5) is 0. The Balaban J connectivity index is 2.49. The summed E-state index contributed by atoms with van der Waals surface area (Å²) in [6, 6.07) is 8.00. The second kappa shape index (κ2) is 4.97. The zero-order valence-electron chi connectivity index (χ0n) is 8.18. The Kier molecular flexibility index (Phi) is 3.90. The fraction of sp³-hybridized carbons (Fsp3) is 0.455. The van der Waals surface area contributed by atoms with Crippen molar-refractivity contribution in [2.24, 2.45) is 0 Å². The monoisotopic (exact) mass is 181 g/mol. The minimum atomic E-state index is -0.785. The molecule has 2 heteroatoms. The molecule has 13 heavy (non-hydrogen) atoms. The van der Waals surface area contributed by atoms with E-state index in [1.807, 2.05) is 31.2 Å². The van der Waals surface area contributed by atoms with Gasteiger partial charge in [0.05, 0.1) is 0 Å². The number of alkyl halides is 1. The van der Waals surface area contributed by atoms with E-state index in [4.69, 9.17) is 0 Å². The van der Waals surface area contributed by atoms with E-state index >= 15 is 0 Å². The number of hydrogen-bond acceptors (Lipinski definition) is 1.